The van der Waals surface area contributed by atoms with Gasteiger partial charge in [0.1, 0.15) is 0 Å². The molecule has 0 saturated carbocycles. The van der Waals surface area contributed by atoms with E-state index >= 15 is 0 Å². The Morgan fingerprint density at radius 3 is 2.76 bits per heavy atom. The van der Waals surface area contributed by atoms with E-state index < -0.39 is 0 Å². The highest BCUT2D eigenvalue weighted by molar-refractivity contribution is 14.0. The molecule has 1 aliphatic heterocycles. The second-order valence-electron chi connectivity index (χ2n) is 7.98. The average Bonchev–Trinajstić information content (AvgIpc) is 3.14. The average molecular weight is 515 g/mol. The van der Waals surface area contributed by atoms with Crippen molar-refractivity contribution in [3.8, 4) is 0 Å². The summed E-state index contributed by atoms with van der Waals surface area (Å²) in [4.78, 5) is 20.6. The molecular weight excluding hydrogens is 477 g/mol. The minimum Gasteiger partial charge on any atom is -0.356 e. The zero-order valence-corrected chi connectivity index (χ0v) is 20.9. The van der Waals surface area contributed by atoms with Gasteiger partial charge in [0.2, 0.25) is 5.91 Å². The first kappa shape index (κ1) is 25.7. The fourth-order valence-electron chi connectivity index (χ4n) is 3.73. The highest BCUT2D eigenvalue weighted by atomic mass is 127. The van der Waals surface area contributed by atoms with Gasteiger partial charge in [-0.3, -0.25) is 14.7 Å². The molecule has 1 saturated heterocycles. The number of hydrogen-bond donors (Lipinski definition) is 2. The van der Waals surface area contributed by atoms with Gasteiger partial charge < -0.3 is 15.5 Å². The molecule has 0 aliphatic carbocycles. The molecule has 1 aromatic carbocycles. The third-order valence-corrected chi connectivity index (χ3v) is 5.41. The van der Waals surface area contributed by atoms with Crippen LogP contribution in [0.15, 0.2) is 29.3 Å². The first-order valence-corrected chi connectivity index (χ1v) is 10.4. The highest BCUT2D eigenvalue weighted by Gasteiger charge is 2.30. The van der Waals surface area contributed by atoms with Gasteiger partial charge in [0.25, 0.3) is 0 Å². The Morgan fingerprint density at radius 1 is 1.34 bits per heavy atom. The number of benzene rings is 1. The molecule has 6 nitrogen and oxygen atoms in total. The molecule has 164 valence electrons. The van der Waals surface area contributed by atoms with Crippen LogP contribution in [0.3, 0.4) is 0 Å². The van der Waals surface area contributed by atoms with E-state index in [4.69, 9.17) is 0 Å². The molecule has 1 aliphatic rings. The molecule has 7 heteroatoms. The van der Waals surface area contributed by atoms with E-state index in [9.17, 15) is 4.79 Å². The lowest BCUT2D eigenvalue weighted by Gasteiger charge is -2.26. The second-order valence-corrected chi connectivity index (χ2v) is 7.98. The minimum absolute atomic E-state index is 0. The number of carbonyl (C=O) groups is 1. The van der Waals surface area contributed by atoms with Gasteiger partial charge in [0.15, 0.2) is 5.96 Å². The predicted molar refractivity (Wildman–Crippen MR) is 132 cm³/mol. The third kappa shape index (κ3) is 8.12. The van der Waals surface area contributed by atoms with Gasteiger partial charge in [-0.2, -0.15) is 0 Å². The van der Waals surface area contributed by atoms with Crippen LogP contribution in [0.5, 0.6) is 0 Å². The minimum atomic E-state index is 0. The first-order chi connectivity index (χ1) is 13.4. The standard InChI is InChI=1S/C22H37N5O.HI/c1-17-9-6-10-19(15-17)18(2)16-25-22(23-3)24-12-8-14-27-13-7-11-20(27)21(28)26(4)5;/h6,9-10,15,18,20H,7-8,11-14,16H2,1-5H3,(H2,23,24,25);1H. The molecule has 0 bridgehead atoms. The van der Waals surface area contributed by atoms with Crippen molar-refractivity contribution in [3.05, 3.63) is 35.4 Å². The Hall–Kier alpha value is -1.35. The van der Waals surface area contributed by atoms with E-state index in [1.165, 1.54) is 11.1 Å². The Balaban J connectivity index is 0.00000420. The molecule has 0 aromatic heterocycles. The number of halogens is 1. The summed E-state index contributed by atoms with van der Waals surface area (Å²) in [6, 6.07) is 8.71. The van der Waals surface area contributed by atoms with E-state index in [0.717, 1.165) is 51.4 Å². The van der Waals surface area contributed by atoms with Crippen LogP contribution in [-0.4, -0.2) is 75.0 Å². The van der Waals surface area contributed by atoms with Crippen molar-refractivity contribution in [1.29, 1.82) is 0 Å². The summed E-state index contributed by atoms with van der Waals surface area (Å²) in [5, 5.41) is 6.82. The maximum absolute atomic E-state index is 12.3. The van der Waals surface area contributed by atoms with E-state index in [2.05, 4.69) is 58.6 Å². The summed E-state index contributed by atoms with van der Waals surface area (Å²) in [5.41, 5.74) is 2.63. The molecule has 1 fully saturated rings. The van der Waals surface area contributed by atoms with Gasteiger partial charge in [0, 0.05) is 40.8 Å². The van der Waals surface area contributed by atoms with E-state index in [-0.39, 0.29) is 35.9 Å². The van der Waals surface area contributed by atoms with Gasteiger partial charge in [-0.25, -0.2) is 0 Å². The van der Waals surface area contributed by atoms with Crippen LogP contribution < -0.4 is 10.6 Å². The van der Waals surface area contributed by atoms with Crippen molar-refractivity contribution in [2.75, 3.05) is 47.3 Å². The van der Waals surface area contributed by atoms with Gasteiger partial charge in [-0.15, -0.1) is 24.0 Å². The third-order valence-electron chi connectivity index (χ3n) is 5.41. The Bertz CT molecular complexity index is 664. The van der Waals surface area contributed by atoms with Crippen molar-refractivity contribution < 1.29 is 4.79 Å². The topological polar surface area (TPSA) is 60.0 Å². The van der Waals surface area contributed by atoms with E-state index in [1.54, 1.807) is 11.9 Å². The first-order valence-electron chi connectivity index (χ1n) is 10.4. The molecule has 0 radical (unpaired) electrons. The zero-order valence-electron chi connectivity index (χ0n) is 18.6. The molecule has 2 N–H and O–H groups in total. The molecule has 1 aromatic rings. The van der Waals surface area contributed by atoms with Crippen molar-refractivity contribution >= 4 is 35.8 Å². The molecule has 2 rings (SSSR count). The largest absolute Gasteiger partial charge is 0.356 e. The van der Waals surface area contributed by atoms with Crippen LogP contribution in [0.2, 0.25) is 0 Å². The maximum Gasteiger partial charge on any atom is 0.239 e. The quantitative estimate of drug-likeness (QED) is 0.242. The molecule has 2 atom stereocenters. The molecule has 0 spiro atoms. The summed E-state index contributed by atoms with van der Waals surface area (Å²) in [6.45, 7) is 8.00. The number of rotatable bonds is 8. The number of nitrogens with one attached hydrogen (secondary N) is 2. The van der Waals surface area contributed by atoms with Gasteiger partial charge in [0.05, 0.1) is 6.04 Å². The van der Waals surface area contributed by atoms with Crippen molar-refractivity contribution in [2.45, 2.75) is 45.1 Å². The Labute approximate surface area is 193 Å². The summed E-state index contributed by atoms with van der Waals surface area (Å²) in [7, 11) is 5.49. The lowest BCUT2D eigenvalue weighted by Crippen LogP contribution is -2.44. The number of aliphatic imine (C=N–C) groups is 1. The van der Waals surface area contributed by atoms with Gasteiger partial charge in [-0.05, 0) is 44.2 Å². The lowest BCUT2D eigenvalue weighted by atomic mass is 9.99. The number of amides is 1. The highest BCUT2D eigenvalue weighted by Crippen LogP contribution is 2.18. The van der Waals surface area contributed by atoms with E-state index in [0.29, 0.717) is 5.92 Å². The summed E-state index contributed by atoms with van der Waals surface area (Å²) >= 11 is 0. The molecule has 1 heterocycles. The zero-order chi connectivity index (χ0) is 20.5. The van der Waals surface area contributed by atoms with Crippen LogP contribution >= 0.6 is 24.0 Å². The van der Waals surface area contributed by atoms with Crippen LogP contribution in [0.25, 0.3) is 0 Å². The number of likely N-dealkylation sites (N-methyl/N-ethyl adjacent to an activating group) is 1. The summed E-state index contributed by atoms with van der Waals surface area (Å²) in [5.74, 6) is 1.48. The molecular formula is C22H38IN5O. The maximum atomic E-state index is 12.3. The van der Waals surface area contributed by atoms with Crippen molar-refractivity contribution in [2.24, 2.45) is 4.99 Å². The molecule has 1 amide bonds. The predicted octanol–water partition coefficient (Wildman–Crippen LogP) is 2.82. The SMILES string of the molecule is CN=C(NCCCN1CCCC1C(=O)N(C)C)NCC(C)c1cccc(C)c1.I. The van der Waals surface area contributed by atoms with Gasteiger partial charge >= 0.3 is 0 Å². The van der Waals surface area contributed by atoms with Crippen molar-refractivity contribution in [1.82, 2.24) is 20.4 Å². The number of likely N-dealkylation sites (tertiary alicyclic amines) is 1. The van der Waals surface area contributed by atoms with Crippen LogP contribution in [0.1, 0.15) is 43.2 Å². The normalized spacial score (nSPS) is 18.1. The number of guanidine groups is 1. The van der Waals surface area contributed by atoms with Crippen LogP contribution in [-0.2, 0) is 4.79 Å². The smallest absolute Gasteiger partial charge is 0.239 e. The summed E-state index contributed by atoms with van der Waals surface area (Å²) < 4.78 is 0. The monoisotopic (exact) mass is 515 g/mol. The lowest BCUT2D eigenvalue weighted by molar-refractivity contribution is -0.133. The van der Waals surface area contributed by atoms with Crippen LogP contribution in [0, 0.1) is 6.92 Å². The van der Waals surface area contributed by atoms with Crippen LogP contribution in [0.4, 0.5) is 0 Å². The summed E-state index contributed by atoms with van der Waals surface area (Å²) in [6.07, 6.45) is 3.08. The van der Waals surface area contributed by atoms with Crippen molar-refractivity contribution in [3.63, 3.8) is 0 Å². The number of hydrogen-bond acceptors (Lipinski definition) is 3. The Kier molecular flexibility index (Phi) is 11.6. The Morgan fingerprint density at radius 2 is 2.10 bits per heavy atom. The fraction of sp³-hybridized carbons (Fsp3) is 0.636. The number of carbonyl (C=O) groups excluding carboxylic acids is 1. The van der Waals surface area contributed by atoms with Gasteiger partial charge in [-0.1, -0.05) is 36.8 Å². The second kappa shape index (κ2) is 13.1. The fourth-order valence-corrected chi connectivity index (χ4v) is 3.73. The molecule has 29 heavy (non-hydrogen) atoms. The number of aryl methyl sites for hydroxylation is 1. The number of nitrogens with zero attached hydrogens (tertiary/aromatic N) is 3. The molecule has 2 unspecified atom stereocenters. The van der Waals surface area contributed by atoms with E-state index in [1.807, 2.05) is 14.1 Å².